The van der Waals surface area contributed by atoms with Crippen LogP contribution in [0.1, 0.15) is 27.0 Å². The average molecular weight is 643 g/mol. The Morgan fingerprint density at radius 1 is 1.00 bits per heavy atom. The van der Waals surface area contributed by atoms with Crippen LogP contribution in [0.4, 0.5) is 23.2 Å². The Balaban J connectivity index is 1.33. The maximum Gasteiger partial charge on any atom is 0.419 e. The van der Waals surface area contributed by atoms with Crippen LogP contribution in [0, 0.1) is 12.7 Å². The van der Waals surface area contributed by atoms with Crippen LogP contribution in [0.2, 0.25) is 0 Å². The quantitative estimate of drug-likeness (QED) is 0.176. The van der Waals surface area contributed by atoms with Crippen molar-refractivity contribution < 1.29 is 45.4 Å². The van der Waals surface area contributed by atoms with E-state index in [2.05, 4.69) is 5.32 Å². The molecule has 0 unspecified atom stereocenters. The van der Waals surface area contributed by atoms with Crippen LogP contribution in [0.15, 0.2) is 89.8 Å². The number of carboxylic acid groups (broad SMARTS) is 1. The minimum Gasteiger partial charge on any atom is -0.491 e. The minimum atomic E-state index is -4.88. The van der Waals surface area contributed by atoms with Gasteiger partial charge < -0.3 is 15.2 Å². The largest absolute Gasteiger partial charge is 0.491 e. The zero-order chi connectivity index (χ0) is 32.5. The van der Waals surface area contributed by atoms with Crippen molar-refractivity contribution in [2.24, 2.45) is 0 Å². The predicted molar refractivity (Wildman–Crippen MR) is 157 cm³/mol. The van der Waals surface area contributed by atoms with E-state index in [1.54, 1.807) is 49.4 Å². The predicted octanol–water partition coefficient (Wildman–Crippen LogP) is 5.83. The average Bonchev–Trinajstić information content (AvgIpc) is 3.40. The molecular weight excluding hydrogens is 616 g/mol. The highest BCUT2D eigenvalue weighted by Crippen LogP contribution is 2.38. The molecule has 2 N–H and O–H groups in total. The summed E-state index contributed by atoms with van der Waals surface area (Å²) in [5, 5.41) is 11.6. The summed E-state index contributed by atoms with van der Waals surface area (Å²) in [6.45, 7) is 1.07. The fourth-order valence-electron chi connectivity index (χ4n) is 5.19. The lowest BCUT2D eigenvalue weighted by molar-refractivity contribution is -0.139. The fraction of sp³-hybridized carbons (Fsp3) is 0.188. The highest BCUT2D eigenvalue weighted by molar-refractivity contribution is 7.93. The van der Waals surface area contributed by atoms with Gasteiger partial charge in [0.05, 0.1) is 28.3 Å². The number of para-hydroxylation sites is 1. The Labute approximate surface area is 255 Å². The van der Waals surface area contributed by atoms with E-state index in [0.717, 1.165) is 22.0 Å². The van der Waals surface area contributed by atoms with Gasteiger partial charge in [-0.05, 0) is 77.7 Å². The van der Waals surface area contributed by atoms with E-state index < -0.39 is 57.6 Å². The molecule has 0 spiro atoms. The van der Waals surface area contributed by atoms with E-state index in [1.807, 2.05) is 0 Å². The van der Waals surface area contributed by atoms with E-state index in [-0.39, 0.29) is 23.7 Å². The SMILES string of the molecule is Cc1cc(F)ccc1-c1ccc(S(=O)(=O)N2c3ccccc3C[C@H]2C(=O)NCCOc2ccc(C(=O)O)cc2C(F)(F)F)cc1. The van der Waals surface area contributed by atoms with Crippen LogP contribution in [-0.2, 0) is 27.4 Å². The van der Waals surface area contributed by atoms with Crippen molar-refractivity contribution in [2.75, 3.05) is 17.5 Å². The van der Waals surface area contributed by atoms with E-state index in [1.165, 1.54) is 24.3 Å². The molecule has 4 aromatic rings. The van der Waals surface area contributed by atoms with Gasteiger partial charge in [-0.1, -0.05) is 36.4 Å². The number of carbonyl (C=O) groups excluding carboxylic acids is 1. The van der Waals surface area contributed by atoms with Gasteiger partial charge in [0, 0.05) is 6.42 Å². The molecular formula is C32H26F4N2O6S. The van der Waals surface area contributed by atoms with Crippen molar-refractivity contribution in [1.29, 1.82) is 0 Å². The number of amides is 1. The molecule has 4 aromatic carbocycles. The molecule has 13 heteroatoms. The Morgan fingerprint density at radius 2 is 1.71 bits per heavy atom. The summed E-state index contributed by atoms with van der Waals surface area (Å²) in [4.78, 5) is 24.3. The van der Waals surface area contributed by atoms with Crippen molar-refractivity contribution in [3.63, 3.8) is 0 Å². The lowest BCUT2D eigenvalue weighted by Crippen LogP contribution is -2.48. The topological polar surface area (TPSA) is 113 Å². The molecule has 1 atom stereocenters. The number of benzene rings is 4. The second-order valence-corrected chi connectivity index (χ2v) is 12.1. The van der Waals surface area contributed by atoms with Crippen LogP contribution < -0.4 is 14.4 Å². The summed E-state index contributed by atoms with van der Waals surface area (Å²) in [5.74, 6) is -3.22. The number of carbonyl (C=O) groups is 2. The van der Waals surface area contributed by atoms with Crippen LogP contribution in [0.5, 0.6) is 5.75 Å². The number of halogens is 4. The molecule has 234 valence electrons. The third-order valence-electron chi connectivity index (χ3n) is 7.33. The molecule has 1 amide bonds. The molecule has 8 nitrogen and oxygen atoms in total. The standard InChI is InChI=1S/C32H26F4N2O6S/c1-19-16-23(33)9-12-25(19)20-6-10-24(11-7-20)45(42,43)38-27-5-3-2-4-21(27)18-28(38)30(39)37-14-15-44-29-13-8-22(31(40)41)17-26(29)32(34,35)36/h2-13,16-17,28H,14-15,18H2,1H3,(H,37,39)(H,40,41)/t28-/m0/s1. The van der Waals surface area contributed by atoms with E-state index >= 15 is 0 Å². The Morgan fingerprint density at radius 3 is 2.38 bits per heavy atom. The maximum absolute atomic E-state index is 13.9. The summed E-state index contributed by atoms with van der Waals surface area (Å²) in [6, 6.07) is 18.1. The molecule has 0 bridgehead atoms. The second-order valence-electron chi connectivity index (χ2n) is 10.3. The number of aromatic carboxylic acids is 1. The highest BCUT2D eigenvalue weighted by Gasteiger charge is 2.42. The number of hydrogen-bond acceptors (Lipinski definition) is 5. The molecule has 0 saturated heterocycles. The number of carboxylic acids is 1. The molecule has 1 aliphatic heterocycles. The summed E-state index contributed by atoms with van der Waals surface area (Å²) in [5.41, 5.74) is 1.17. The van der Waals surface area contributed by atoms with Crippen molar-refractivity contribution in [3.05, 3.63) is 113 Å². The van der Waals surface area contributed by atoms with Gasteiger partial charge in [-0.15, -0.1) is 0 Å². The molecule has 0 aromatic heterocycles. The Hall–Kier alpha value is -4.91. The van der Waals surface area contributed by atoms with Gasteiger partial charge in [0.25, 0.3) is 10.0 Å². The van der Waals surface area contributed by atoms with E-state index in [4.69, 9.17) is 9.84 Å². The first-order valence-electron chi connectivity index (χ1n) is 13.6. The summed E-state index contributed by atoms with van der Waals surface area (Å²) >= 11 is 0. The zero-order valence-corrected chi connectivity index (χ0v) is 24.5. The summed E-state index contributed by atoms with van der Waals surface area (Å²) in [6.07, 6.45) is -4.83. The van der Waals surface area contributed by atoms with Gasteiger partial charge in [-0.3, -0.25) is 9.10 Å². The number of alkyl halides is 3. The van der Waals surface area contributed by atoms with Crippen molar-refractivity contribution in [3.8, 4) is 16.9 Å². The first kappa shape index (κ1) is 31.5. The monoisotopic (exact) mass is 642 g/mol. The van der Waals surface area contributed by atoms with E-state index in [0.29, 0.717) is 28.4 Å². The third kappa shape index (κ3) is 6.48. The smallest absolute Gasteiger partial charge is 0.419 e. The molecule has 0 aliphatic carbocycles. The third-order valence-corrected chi connectivity index (χ3v) is 9.17. The number of nitrogens with zero attached hydrogens (tertiary/aromatic N) is 1. The van der Waals surface area contributed by atoms with Crippen molar-refractivity contribution in [2.45, 2.75) is 30.5 Å². The molecule has 0 fully saturated rings. The van der Waals surface area contributed by atoms with Gasteiger partial charge in [0.2, 0.25) is 5.91 Å². The van der Waals surface area contributed by atoms with Crippen LogP contribution >= 0.6 is 0 Å². The van der Waals surface area contributed by atoms with Gasteiger partial charge in [-0.25, -0.2) is 17.6 Å². The highest BCUT2D eigenvalue weighted by atomic mass is 32.2. The molecule has 1 heterocycles. The first-order chi connectivity index (χ1) is 21.3. The Kier molecular flexibility index (Phi) is 8.57. The summed E-state index contributed by atoms with van der Waals surface area (Å²) in [7, 11) is -4.26. The second kappa shape index (κ2) is 12.2. The molecule has 0 saturated carbocycles. The number of rotatable bonds is 9. The summed E-state index contributed by atoms with van der Waals surface area (Å²) < 4.78 is 88.1. The van der Waals surface area contributed by atoms with Gasteiger partial charge in [-0.2, -0.15) is 13.2 Å². The van der Waals surface area contributed by atoms with Crippen LogP contribution in [0.25, 0.3) is 11.1 Å². The lowest BCUT2D eigenvalue weighted by atomic mass is 10.0. The van der Waals surface area contributed by atoms with Gasteiger partial charge >= 0.3 is 12.1 Å². The Bertz CT molecular complexity index is 1880. The number of hydrogen-bond donors (Lipinski definition) is 2. The lowest BCUT2D eigenvalue weighted by Gasteiger charge is -2.26. The molecule has 1 aliphatic rings. The number of sulfonamides is 1. The fourth-order valence-corrected chi connectivity index (χ4v) is 6.84. The molecule has 5 rings (SSSR count). The zero-order valence-electron chi connectivity index (χ0n) is 23.6. The minimum absolute atomic E-state index is 0.0593. The van der Waals surface area contributed by atoms with E-state index in [9.17, 15) is 35.6 Å². The van der Waals surface area contributed by atoms with Crippen LogP contribution in [0.3, 0.4) is 0 Å². The molecule has 45 heavy (non-hydrogen) atoms. The maximum atomic E-state index is 13.9. The number of aryl methyl sites for hydroxylation is 1. The number of nitrogens with one attached hydrogen (secondary N) is 1. The van der Waals surface area contributed by atoms with Crippen LogP contribution in [-0.4, -0.2) is 44.6 Å². The molecule has 0 radical (unpaired) electrons. The van der Waals surface area contributed by atoms with Crippen molar-refractivity contribution in [1.82, 2.24) is 5.32 Å². The number of ether oxygens (including phenoxy) is 1. The van der Waals surface area contributed by atoms with Gasteiger partial charge in [0.15, 0.2) is 0 Å². The first-order valence-corrected chi connectivity index (χ1v) is 15.1. The van der Waals surface area contributed by atoms with Crippen molar-refractivity contribution >= 4 is 27.6 Å². The van der Waals surface area contributed by atoms with Gasteiger partial charge in [0.1, 0.15) is 24.2 Å². The normalized spacial score (nSPS) is 14.6. The number of fused-ring (bicyclic) bond motifs is 1. The number of anilines is 1.